The lowest BCUT2D eigenvalue weighted by atomic mass is 10.0. The maximum Gasteiger partial charge on any atom is 0.129 e. The van der Waals surface area contributed by atoms with Crippen LogP contribution in [-0.2, 0) is 0 Å². The van der Waals surface area contributed by atoms with Gasteiger partial charge in [0, 0.05) is 23.3 Å². The van der Waals surface area contributed by atoms with Gasteiger partial charge in [0.15, 0.2) is 0 Å². The van der Waals surface area contributed by atoms with Gasteiger partial charge in [-0.3, -0.25) is 0 Å². The molecule has 1 heterocycles. The largest absolute Gasteiger partial charge is 0.366 e. The third-order valence-electron chi connectivity index (χ3n) is 2.73. The molecule has 0 aromatic carbocycles. The summed E-state index contributed by atoms with van der Waals surface area (Å²) in [5, 5.41) is 3.56. The number of aryl methyl sites for hydroxylation is 1. The first-order valence-corrected chi connectivity index (χ1v) is 7.21. The smallest absolute Gasteiger partial charge is 0.129 e. The van der Waals surface area contributed by atoms with E-state index in [1.807, 2.05) is 6.20 Å². The number of rotatable bonds is 6. The zero-order valence-electron chi connectivity index (χ0n) is 12.0. The Kier molecular flexibility index (Phi) is 6.09. The number of nitrogens with one attached hydrogen (secondary N) is 1. The van der Waals surface area contributed by atoms with Crippen molar-refractivity contribution in [2.75, 3.05) is 26.0 Å². The number of aromatic nitrogens is 1. The van der Waals surface area contributed by atoms with E-state index in [1.54, 1.807) is 0 Å². The molecule has 0 spiro atoms. The molecule has 4 heteroatoms. The summed E-state index contributed by atoms with van der Waals surface area (Å²) in [7, 11) is 4.22. The number of anilines is 1. The Balaban J connectivity index is 2.75. The van der Waals surface area contributed by atoms with Gasteiger partial charge < -0.3 is 10.2 Å². The second kappa shape index (κ2) is 7.10. The molecular formula is C14H24BrN3. The van der Waals surface area contributed by atoms with Crippen LogP contribution in [0.1, 0.15) is 25.8 Å². The number of hydrogen-bond acceptors (Lipinski definition) is 3. The molecule has 0 fully saturated rings. The van der Waals surface area contributed by atoms with Crippen LogP contribution in [0.3, 0.4) is 0 Å². The van der Waals surface area contributed by atoms with Gasteiger partial charge in [0.1, 0.15) is 5.82 Å². The van der Waals surface area contributed by atoms with Crippen LogP contribution in [0, 0.1) is 12.8 Å². The SMILES string of the molecule is Cc1cc(Br)cnc1NC(CC(C)C)CN(C)C. The van der Waals surface area contributed by atoms with Crippen molar-refractivity contribution >= 4 is 21.7 Å². The number of nitrogens with zero attached hydrogens (tertiary/aromatic N) is 2. The second-order valence-electron chi connectivity index (χ2n) is 5.55. The highest BCUT2D eigenvalue weighted by Crippen LogP contribution is 2.19. The predicted molar refractivity (Wildman–Crippen MR) is 82.1 cm³/mol. The van der Waals surface area contributed by atoms with Gasteiger partial charge in [0.25, 0.3) is 0 Å². The van der Waals surface area contributed by atoms with Crippen molar-refractivity contribution in [3.63, 3.8) is 0 Å². The number of likely N-dealkylation sites (N-methyl/N-ethyl adjacent to an activating group) is 1. The molecule has 0 aliphatic rings. The van der Waals surface area contributed by atoms with Gasteiger partial charge in [-0.1, -0.05) is 13.8 Å². The molecule has 3 nitrogen and oxygen atoms in total. The van der Waals surface area contributed by atoms with E-state index < -0.39 is 0 Å². The zero-order chi connectivity index (χ0) is 13.7. The van der Waals surface area contributed by atoms with Crippen LogP contribution >= 0.6 is 15.9 Å². The maximum absolute atomic E-state index is 4.46. The van der Waals surface area contributed by atoms with Gasteiger partial charge in [-0.25, -0.2) is 4.98 Å². The van der Waals surface area contributed by atoms with Crippen molar-refractivity contribution < 1.29 is 0 Å². The Hall–Kier alpha value is -0.610. The van der Waals surface area contributed by atoms with Crippen LogP contribution in [0.15, 0.2) is 16.7 Å². The monoisotopic (exact) mass is 313 g/mol. The summed E-state index contributed by atoms with van der Waals surface area (Å²) in [4.78, 5) is 6.67. The maximum atomic E-state index is 4.46. The summed E-state index contributed by atoms with van der Waals surface area (Å²) >= 11 is 3.44. The first-order chi connectivity index (χ1) is 8.38. The average Bonchev–Trinajstić information content (AvgIpc) is 2.20. The Labute approximate surface area is 119 Å². The van der Waals surface area contributed by atoms with Crippen molar-refractivity contribution in [1.82, 2.24) is 9.88 Å². The molecule has 1 unspecified atom stereocenters. The summed E-state index contributed by atoms with van der Waals surface area (Å²) in [5.41, 5.74) is 1.18. The summed E-state index contributed by atoms with van der Waals surface area (Å²) < 4.78 is 1.03. The lowest BCUT2D eigenvalue weighted by Gasteiger charge is -2.25. The van der Waals surface area contributed by atoms with E-state index in [2.05, 4.69) is 72.1 Å². The third-order valence-corrected chi connectivity index (χ3v) is 3.16. The summed E-state index contributed by atoms with van der Waals surface area (Å²) in [6, 6.07) is 2.53. The Morgan fingerprint density at radius 1 is 1.39 bits per heavy atom. The van der Waals surface area contributed by atoms with E-state index in [0.717, 1.165) is 23.3 Å². The molecule has 102 valence electrons. The fourth-order valence-electron chi connectivity index (χ4n) is 2.07. The van der Waals surface area contributed by atoms with Crippen molar-refractivity contribution in [3.8, 4) is 0 Å². The van der Waals surface area contributed by atoms with Gasteiger partial charge in [-0.05, 0) is 60.9 Å². The minimum absolute atomic E-state index is 0.437. The molecule has 0 radical (unpaired) electrons. The fourth-order valence-corrected chi connectivity index (χ4v) is 2.52. The molecule has 1 aromatic rings. The van der Waals surface area contributed by atoms with Gasteiger partial charge >= 0.3 is 0 Å². The molecule has 0 amide bonds. The average molecular weight is 314 g/mol. The second-order valence-corrected chi connectivity index (χ2v) is 6.47. The Bertz CT molecular complexity index is 367. The molecular weight excluding hydrogens is 290 g/mol. The van der Waals surface area contributed by atoms with Crippen LogP contribution in [-0.4, -0.2) is 36.6 Å². The van der Waals surface area contributed by atoms with E-state index in [-0.39, 0.29) is 0 Å². The highest BCUT2D eigenvalue weighted by molar-refractivity contribution is 9.10. The summed E-state index contributed by atoms with van der Waals surface area (Å²) in [5.74, 6) is 1.67. The van der Waals surface area contributed by atoms with Crippen molar-refractivity contribution in [3.05, 3.63) is 22.3 Å². The molecule has 0 saturated carbocycles. The van der Waals surface area contributed by atoms with E-state index in [4.69, 9.17) is 0 Å². The quantitative estimate of drug-likeness (QED) is 0.870. The van der Waals surface area contributed by atoms with E-state index in [9.17, 15) is 0 Å². The fraction of sp³-hybridized carbons (Fsp3) is 0.643. The third kappa shape index (κ3) is 5.36. The standard InChI is InChI=1S/C14H24BrN3/c1-10(2)6-13(9-18(4)5)17-14-11(3)7-12(15)8-16-14/h7-8,10,13H,6,9H2,1-5H3,(H,16,17). The van der Waals surface area contributed by atoms with E-state index >= 15 is 0 Å². The molecule has 1 atom stereocenters. The van der Waals surface area contributed by atoms with Crippen LogP contribution in [0.4, 0.5) is 5.82 Å². The lowest BCUT2D eigenvalue weighted by molar-refractivity contribution is 0.356. The highest BCUT2D eigenvalue weighted by Gasteiger charge is 2.13. The van der Waals surface area contributed by atoms with Crippen molar-refractivity contribution in [2.45, 2.75) is 33.2 Å². The Morgan fingerprint density at radius 3 is 2.56 bits per heavy atom. The Morgan fingerprint density at radius 2 is 2.06 bits per heavy atom. The minimum atomic E-state index is 0.437. The number of halogens is 1. The van der Waals surface area contributed by atoms with Gasteiger partial charge in [0.05, 0.1) is 0 Å². The molecule has 1 N–H and O–H groups in total. The van der Waals surface area contributed by atoms with Crippen LogP contribution in [0.2, 0.25) is 0 Å². The molecule has 0 aliphatic carbocycles. The number of pyridine rings is 1. The van der Waals surface area contributed by atoms with Crippen molar-refractivity contribution in [1.29, 1.82) is 0 Å². The normalized spacial score (nSPS) is 13.1. The van der Waals surface area contributed by atoms with E-state index in [0.29, 0.717) is 12.0 Å². The van der Waals surface area contributed by atoms with Gasteiger partial charge in [0.2, 0.25) is 0 Å². The molecule has 1 rings (SSSR count). The van der Waals surface area contributed by atoms with Crippen molar-refractivity contribution in [2.24, 2.45) is 5.92 Å². The van der Waals surface area contributed by atoms with Gasteiger partial charge in [-0.2, -0.15) is 0 Å². The van der Waals surface area contributed by atoms with Gasteiger partial charge in [-0.15, -0.1) is 0 Å². The zero-order valence-corrected chi connectivity index (χ0v) is 13.6. The van der Waals surface area contributed by atoms with E-state index in [1.165, 1.54) is 5.56 Å². The highest BCUT2D eigenvalue weighted by atomic mass is 79.9. The summed E-state index contributed by atoms with van der Waals surface area (Å²) in [6.07, 6.45) is 2.99. The minimum Gasteiger partial charge on any atom is -0.366 e. The molecule has 0 aliphatic heterocycles. The lowest BCUT2D eigenvalue weighted by Crippen LogP contribution is -2.34. The van der Waals surface area contributed by atoms with Crippen LogP contribution < -0.4 is 5.32 Å². The number of hydrogen-bond donors (Lipinski definition) is 1. The first-order valence-electron chi connectivity index (χ1n) is 6.42. The predicted octanol–water partition coefficient (Wildman–Crippen LogP) is 3.54. The molecule has 1 aromatic heterocycles. The molecule has 18 heavy (non-hydrogen) atoms. The molecule has 0 bridgehead atoms. The topological polar surface area (TPSA) is 28.2 Å². The first kappa shape index (κ1) is 15.4. The molecule has 0 saturated heterocycles. The van der Waals surface area contributed by atoms with Crippen LogP contribution in [0.5, 0.6) is 0 Å². The van der Waals surface area contributed by atoms with Crippen LogP contribution in [0.25, 0.3) is 0 Å². The summed E-state index contributed by atoms with van der Waals surface area (Å²) in [6.45, 7) is 7.62.